The Bertz CT molecular complexity index is 722. The number of unbranched alkanes of at least 4 members (excludes halogenated alkanes) is 1. The standard InChI is InChI=1S/C15H18BrN3O3/c1-2-3-10-22-14-13(20)17-15(21)19(18-14)9-8-11-4-6-12(16)7-5-11/h4-7H,2-3,8-10H2,1H3,(H,17,20,21). The van der Waals surface area contributed by atoms with Crippen molar-refractivity contribution in [2.24, 2.45) is 0 Å². The van der Waals surface area contributed by atoms with Crippen molar-refractivity contribution >= 4 is 15.9 Å². The molecule has 7 heteroatoms. The molecule has 1 N–H and O–H groups in total. The molecule has 0 aliphatic carbocycles. The predicted molar refractivity (Wildman–Crippen MR) is 87.4 cm³/mol. The van der Waals surface area contributed by atoms with E-state index in [1.165, 1.54) is 4.68 Å². The molecule has 1 aromatic heterocycles. The third-order valence-electron chi connectivity index (χ3n) is 3.12. The SMILES string of the molecule is CCCCOc1nn(CCc2ccc(Br)cc2)c(=O)[nH]c1=O. The van der Waals surface area contributed by atoms with Crippen LogP contribution >= 0.6 is 15.9 Å². The number of H-pyrrole nitrogens is 1. The molecule has 0 unspecified atom stereocenters. The van der Waals surface area contributed by atoms with Gasteiger partial charge in [-0.3, -0.25) is 9.78 Å². The van der Waals surface area contributed by atoms with Crippen LogP contribution in [0.3, 0.4) is 0 Å². The molecule has 0 aliphatic rings. The van der Waals surface area contributed by atoms with Gasteiger partial charge in [0.2, 0.25) is 0 Å². The van der Waals surface area contributed by atoms with E-state index in [1.807, 2.05) is 31.2 Å². The van der Waals surface area contributed by atoms with Crippen molar-refractivity contribution in [3.05, 3.63) is 55.1 Å². The summed E-state index contributed by atoms with van der Waals surface area (Å²) in [6.07, 6.45) is 2.43. The van der Waals surface area contributed by atoms with E-state index in [1.54, 1.807) is 0 Å². The van der Waals surface area contributed by atoms with Gasteiger partial charge in [-0.15, -0.1) is 5.10 Å². The summed E-state index contributed by atoms with van der Waals surface area (Å²) in [4.78, 5) is 25.7. The van der Waals surface area contributed by atoms with Gasteiger partial charge in [-0.25, -0.2) is 9.48 Å². The minimum atomic E-state index is -0.582. The summed E-state index contributed by atoms with van der Waals surface area (Å²) in [5.74, 6) is -0.0520. The van der Waals surface area contributed by atoms with Crippen LogP contribution in [0.25, 0.3) is 0 Å². The van der Waals surface area contributed by atoms with E-state index in [4.69, 9.17) is 4.74 Å². The van der Waals surface area contributed by atoms with Crippen LogP contribution in [0, 0.1) is 0 Å². The predicted octanol–water partition coefficient (Wildman–Crippen LogP) is 2.12. The minimum Gasteiger partial charge on any atom is -0.473 e. The first-order chi connectivity index (χ1) is 10.6. The van der Waals surface area contributed by atoms with Crippen LogP contribution in [0.2, 0.25) is 0 Å². The second-order valence-corrected chi connectivity index (χ2v) is 5.78. The van der Waals surface area contributed by atoms with Gasteiger partial charge in [0.15, 0.2) is 0 Å². The van der Waals surface area contributed by atoms with Crippen LogP contribution in [-0.4, -0.2) is 21.4 Å². The van der Waals surface area contributed by atoms with Gasteiger partial charge in [-0.1, -0.05) is 41.4 Å². The third-order valence-corrected chi connectivity index (χ3v) is 3.65. The van der Waals surface area contributed by atoms with Crippen molar-refractivity contribution in [3.63, 3.8) is 0 Å². The highest BCUT2D eigenvalue weighted by molar-refractivity contribution is 9.10. The van der Waals surface area contributed by atoms with E-state index in [0.717, 1.165) is 22.9 Å². The van der Waals surface area contributed by atoms with Crippen LogP contribution in [0.4, 0.5) is 0 Å². The van der Waals surface area contributed by atoms with Crippen LogP contribution in [-0.2, 0) is 13.0 Å². The molecule has 2 aromatic rings. The number of halogens is 1. The lowest BCUT2D eigenvalue weighted by Gasteiger charge is -2.07. The molecule has 6 nitrogen and oxygen atoms in total. The Balaban J connectivity index is 2.09. The minimum absolute atomic E-state index is 0.0520. The number of aromatic nitrogens is 3. The second kappa shape index (κ2) is 7.93. The molecule has 0 aliphatic heterocycles. The first-order valence-corrected chi connectivity index (χ1v) is 7.98. The molecule has 0 saturated carbocycles. The molecule has 0 spiro atoms. The lowest BCUT2D eigenvalue weighted by Crippen LogP contribution is -2.34. The number of ether oxygens (including phenoxy) is 1. The second-order valence-electron chi connectivity index (χ2n) is 4.87. The number of hydrogen-bond acceptors (Lipinski definition) is 4. The van der Waals surface area contributed by atoms with E-state index >= 15 is 0 Å². The quantitative estimate of drug-likeness (QED) is 0.760. The maximum Gasteiger partial charge on any atom is 0.344 e. The molecule has 0 bridgehead atoms. The molecular weight excluding hydrogens is 350 g/mol. The number of aromatic amines is 1. The normalized spacial score (nSPS) is 10.6. The van der Waals surface area contributed by atoms with Gasteiger partial charge >= 0.3 is 11.2 Å². The molecule has 0 amide bonds. The van der Waals surface area contributed by atoms with Crippen molar-refractivity contribution in [3.8, 4) is 5.88 Å². The average Bonchev–Trinajstić information content (AvgIpc) is 2.50. The van der Waals surface area contributed by atoms with E-state index < -0.39 is 11.2 Å². The van der Waals surface area contributed by atoms with Gasteiger partial charge in [0.05, 0.1) is 13.2 Å². The van der Waals surface area contributed by atoms with Crippen molar-refractivity contribution in [1.29, 1.82) is 0 Å². The summed E-state index contributed by atoms with van der Waals surface area (Å²) >= 11 is 3.38. The monoisotopic (exact) mass is 367 g/mol. The summed E-state index contributed by atoms with van der Waals surface area (Å²) in [7, 11) is 0. The van der Waals surface area contributed by atoms with Crippen molar-refractivity contribution in [2.75, 3.05) is 6.61 Å². The molecule has 1 aromatic carbocycles. The van der Waals surface area contributed by atoms with Gasteiger partial charge < -0.3 is 4.74 Å². The molecule has 118 valence electrons. The number of nitrogens with one attached hydrogen (secondary N) is 1. The molecule has 0 atom stereocenters. The summed E-state index contributed by atoms with van der Waals surface area (Å²) in [5, 5.41) is 4.01. The molecule has 0 fully saturated rings. The lowest BCUT2D eigenvalue weighted by molar-refractivity contribution is 0.280. The Kier molecular flexibility index (Phi) is 5.94. The van der Waals surface area contributed by atoms with Crippen LogP contribution < -0.4 is 16.0 Å². The largest absolute Gasteiger partial charge is 0.473 e. The highest BCUT2D eigenvalue weighted by Gasteiger charge is 2.08. The van der Waals surface area contributed by atoms with E-state index in [0.29, 0.717) is 19.6 Å². The first-order valence-electron chi connectivity index (χ1n) is 7.19. The van der Waals surface area contributed by atoms with Crippen molar-refractivity contribution in [1.82, 2.24) is 14.8 Å². The molecular formula is C15H18BrN3O3. The number of nitrogens with zero attached hydrogens (tertiary/aromatic N) is 2. The van der Waals surface area contributed by atoms with Gasteiger partial charge in [0, 0.05) is 4.47 Å². The van der Waals surface area contributed by atoms with Gasteiger partial charge in [0.1, 0.15) is 0 Å². The lowest BCUT2D eigenvalue weighted by atomic mass is 10.1. The fourth-order valence-electron chi connectivity index (χ4n) is 1.86. The smallest absolute Gasteiger partial charge is 0.344 e. The van der Waals surface area contributed by atoms with E-state index in [-0.39, 0.29) is 5.88 Å². The topological polar surface area (TPSA) is 77.0 Å². The maximum atomic E-state index is 11.8. The van der Waals surface area contributed by atoms with Crippen molar-refractivity contribution in [2.45, 2.75) is 32.7 Å². The Labute approximate surface area is 136 Å². The molecule has 1 heterocycles. The molecule has 2 rings (SSSR count). The van der Waals surface area contributed by atoms with Crippen molar-refractivity contribution < 1.29 is 4.74 Å². The Hall–Kier alpha value is -1.89. The average molecular weight is 368 g/mol. The maximum absolute atomic E-state index is 11.8. The van der Waals surface area contributed by atoms with Gasteiger partial charge in [0.25, 0.3) is 5.88 Å². The number of aryl methyl sites for hydroxylation is 2. The fourth-order valence-corrected chi connectivity index (χ4v) is 2.13. The van der Waals surface area contributed by atoms with Crippen LogP contribution in [0.1, 0.15) is 25.3 Å². The highest BCUT2D eigenvalue weighted by Crippen LogP contribution is 2.11. The zero-order valence-corrected chi connectivity index (χ0v) is 13.9. The first kappa shape index (κ1) is 16.5. The summed E-state index contributed by atoms with van der Waals surface area (Å²) in [6.45, 7) is 2.82. The number of benzene rings is 1. The highest BCUT2D eigenvalue weighted by atomic mass is 79.9. The van der Waals surface area contributed by atoms with E-state index in [9.17, 15) is 9.59 Å². The van der Waals surface area contributed by atoms with E-state index in [2.05, 4.69) is 26.0 Å². The molecule has 0 saturated heterocycles. The van der Waals surface area contributed by atoms with Crippen LogP contribution in [0.5, 0.6) is 5.88 Å². The third kappa shape index (κ3) is 4.56. The summed E-state index contributed by atoms with van der Waals surface area (Å²) < 4.78 is 7.55. The summed E-state index contributed by atoms with van der Waals surface area (Å²) in [6, 6.07) is 7.83. The Morgan fingerprint density at radius 3 is 2.68 bits per heavy atom. The Morgan fingerprint density at radius 1 is 1.27 bits per heavy atom. The van der Waals surface area contributed by atoms with Crippen LogP contribution in [0.15, 0.2) is 38.3 Å². The zero-order chi connectivity index (χ0) is 15.9. The van der Waals surface area contributed by atoms with Gasteiger partial charge in [-0.2, -0.15) is 0 Å². The Morgan fingerprint density at radius 2 is 2.00 bits per heavy atom. The summed E-state index contributed by atoms with van der Waals surface area (Å²) in [5.41, 5.74) is -0.0255. The zero-order valence-electron chi connectivity index (χ0n) is 12.3. The molecule has 22 heavy (non-hydrogen) atoms. The number of rotatable bonds is 7. The van der Waals surface area contributed by atoms with Gasteiger partial charge in [-0.05, 0) is 30.5 Å². The fraction of sp³-hybridized carbons (Fsp3) is 0.400. The number of hydrogen-bond donors (Lipinski definition) is 1. The molecule has 0 radical (unpaired) electrons.